The third kappa shape index (κ3) is 2.88. The molecule has 0 bridgehead atoms. The van der Waals surface area contributed by atoms with Crippen molar-refractivity contribution in [2.45, 2.75) is 39.0 Å². The molecule has 0 fully saturated rings. The van der Waals surface area contributed by atoms with E-state index >= 15 is 0 Å². The molecule has 0 aromatic heterocycles. The average molecular weight is 216 g/mol. The minimum absolute atomic E-state index is 1.06. The Kier molecular flexibility index (Phi) is 3.66. The summed E-state index contributed by atoms with van der Waals surface area (Å²) in [6.07, 6.45) is 14.7. The number of allylic oxidation sites excluding steroid dienone is 8. The summed E-state index contributed by atoms with van der Waals surface area (Å²) in [5.74, 6) is 1.11. The van der Waals surface area contributed by atoms with E-state index in [1.165, 1.54) is 18.4 Å². The third-order valence-electron chi connectivity index (χ3n) is 3.36. The van der Waals surface area contributed by atoms with E-state index in [-0.39, 0.29) is 0 Å². The van der Waals surface area contributed by atoms with Crippen LogP contribution >= 0.6 is 0 Å². The first-order chi connectivity index (χ1) is 7.78. The van der Waals surface area contributed by atoms with E-state index < -0.39 is 0 Å². The maximum absolute atomic E-state index is 5.24. The molecule has 0 N–H and O–H groups in total. The maximum Gasteiger partial charge on any atom is 0.0958 e. The van der Waals surface area contributed by atoms with E-state index in [4.69, 9.17) is 4.74 Å². The van der Waals surface area contributed by atoms with Gasteiger partial charge in [-0.3, -0.25) is 0 Å². The number of hydrogen-bond acceptors (Lipinski definition) is 1. The van der Waals surface area contributed by atoms with E-state index in [0.717, 1.165) is 25.0 Å². The van der Waals surface area contributed by atoms with Gasteiger partial charge >= 0.3 is 0 Å². The second-order valence-corrected chi connectivity index (χ2v) is 4.68. The van der Waals surface area contributed by atoms with E-state index in [1.54, 1.807) is 18.3 Å². The number of ether oxygens (including phenoxy) is 1. The van der Waals surface area contributed by atoms with Crippen molar-refractivity contribution in [3.63, 3.8) is 0 Å². The monoisotopic (exact) mass is 216 g/mol. The van der Waals surface area contributed by atoms with Crippen molar-refractivity contribution < 1.29 is 4.74 Å². The molecule has 16 heavy (non-hydrogen) atoms. The van der Waals surface area contributed by atoms with Crippen LogP contribution in [0.1, 0.15) is 39.0 Å². The average Bonchev–Trinajstić information content (AvgIpc) is 2.33. The third-order valence-corrected chi connectivity index (χ3v) is 3.36. The number of methoxy groups -OCH3 is 1. The molecule has 1 nitrogen and oxygen atoms in total. The van der Waals surface area contributed by atoms with Crippen LogP contribution in [0, 0.1) is 0 Å². The van der Waals surface area contributed by atoms with Crippen LogP contribution in [0.5, 0.6) is 0 Å². The Bertz CT molecular complexity index is 380. The Hall–Kier alpha value is -1.24. The largest absolute Gasteiger partial charge is 0.501 e. The van der Waals surface area contributed by atoms with Gasteiger partial charge in [0.15, 0.2) is 0 Å². The van der Waals surface area contributed by atoms with E-state index in [2.05, 4.69) is 31.2 Å². The minimum atomic E-state index is 1.06. The van der Waals surface area contributed by atoms with Gasteiger partial charge < -0.3 is 4.74 Å². The molecule has 86 valence electrons. The molecule has 0 saturated heterocycles. The van der Waals surface area contributed by atoms with Crippen molar-refractivity contribution in [1.82, 2.24) is 0 Å². The summed E-state index contributed by atoms with van der Waals surface area (Å²) < 4.78 is 5.24. The van der Waals surface area contributed by atoms with Crippen LogP contribution in [0.15, 0.2) is 46.8 Å². The van der Waals surface area contributed by atoms with Gasteiger partial charge in [0, 0.05) is 6.42 Å². The fourth-order valence-corrected chi connectivity index (χ4v) is 2.20. The first kappa shape index (κ1) is 11.3. The van der Waals surface area contributed by atoms with Gasteiger partial charge in [-0.05, 0) is 38.7 Å². The molecule has 2 aliphatic carbocycles. The SMILES string of the molecule is COC1=CC=C(CC2=CC=C(C)CC2)CC1. The standard InChI is InChI=1S/C15H20O/c1-12-3-5-13(6-4-12)11-14-7-9-15(16-2)10-8-14/h3,5,7,9H,4,6,8,10-11H2,1-2H3. The predicted molar refractivity (Wildman–Crippen MR) is 68.1 cm³/mol. The smallest absolute Gasteiger partial charge is 0.0958 e. The van der Waals surface area contributed by atoms with Crippen molar-refractivity contribution in [3.05, 3.63) is 46.8 Å². The summed E-state index contributed by atoms with van der Waals surface area (Å²) in [4.78, 5) is 0. The van der Waals surface area contributed by atoms with Gasteiger partial charge in [0.1, 0.15) is 0 Å². The molecule has 2 rings (SSSR count). The molecule has 0 heterocycles. The second-order valence-electron chi connectivity index (χ2n) is 4.68. The summed E-state index contributed by atoms with van der Waals surface area (Å²) in [5, 5.41) is 0. The van der Waals surface area contributed by atoms with E-state index in [1.807, 2.05) is 0 Å². The lowest BCUT2D eigenvalue weighted by Gasteiger charge is -2.17. The lowest BCUT2D eigenvalue weighted by Crippen LogP contribution is -1.98. The molecule has 2 aliphatic rings. The zero-order valence-electron chi connectivity index (χ0n) is 10.3. The summed E-state index contributed by atoms with van der Waals surface area (Å²) >= 11 is 0. The normalized spacial score (nSPS) is 20.6. The molecule has 0 saturated carbocycles. The van der Waals surface area contributed by atoms with Gasteiger partial charge in [-0.15, -0.1) is 0 Å². The summed E-state index contributed by atoms with van der Waals surface area (Å²) in [7, 11) is 1.75. The zero-order chi connectivity index (χ0) is 11.4. The molecule has 0 aromatic carbocycles. The Morgan fingerprint density at radius 1 is 0.938 bits per heavy atom. The van der Waals surface area contributed by atoms with Crippen LogP contribution in [-0.2, 0) is 4.74 Å². The van der Waals surface area contributed by atoms with Crippen molar-refractivity contribution in [2.24, 2.45) is 0 Å². The summed E-state index contributed by atoms with van der Waals surface area (Å²) in [6.45, 7) is 2.21. The van der Waals surface area contributed by atoms with Gasteiger partial charge in [0.25, 0.3) is 0 Å². The lowest BCUT2D eigenvalue weighted by atomic mass is 9.91. The molecule has 0 amide bonds. The quantitative estimate of drug-likeness (QED) is 0.683. The molecule has 0 aliphatic heterocycles. The van der Waals surface area contributed by atoms with Gasteiger partial charge in [-0.25, -0.2) is 0 Å². The zero-order valence-corrected chi connectivity index (χ0v) is 10.3. The van der Waals surface area contributed by atoms with Crippen molar-refractivity contribution >= 4 is 0 Å². The molecule has 0 unspecified atom stereocenters. The Labute approximate surface area is 98.2 Å². The number of hydrogen-bond donors (Lipinski definition) is 0. The Morgan fingerprint density at radius 2 is 1.62 bits per heavy atom. The molecule has 0 spiro atoms. The first-order valence-corrected chi connectivity index (χ1v) is 6.06. The first-order valence-electron chi connectivity index (χ1n) is 6.06. The Balaban J connectivity index is 1.96. The van der Waals surface area contributed by atoms with Gasteiger partial charge in [-0.1, -0.05) is 34.9 Å². The van der Waals surface area contributed by atoms with Crippen LogP contribution in [0.4, 0.5) is 0 Å². The lowest BCUT2D eigenvalue weighted by molar-refractivity contribution is 0.275. The summed E-state index contributed by atoms with van der Waals surface area (Å²) in [6, 6.07) is 0. The van der Waals surface area contributed by atoms with E-state index in [9.17, 15) is 0 Å². The van der Waals surface area contributed by atoms with Crippen LogP contribution < -0.4 is 0 Å². The maximum atomic E-state index is 5.24. The molecule has 1 heteroatoms. The highest BCUT2D eigenvalue weighted by Crippen LogP contribution is 2.28. The Morgan fingerprint density at radius 3 is 2.12 bits per heavy atom. The van der Waals surface area contributed by atoms with Crippen molar-refractivity contribution in [3.8, 4) is 0 Å². The fraction of sp³-hybridized carbons (Fsp3) is 0.467. The molecule has 0 radical (unpaired) electrons. The van der Waals surface area contributed by atoms with Gasteiger partial charge in [0.2, 0.25) is 0 Å². The highest BCUT2D eigenvalue weighted by atomic mass is 16.5. The van der Waals surface area contributed by atoms with Crippen LogP contribution in [0.2, 0.25) is 0 Å². The molecule has 0 atom stereocenters. The second kappa shape index (κ2) is 5.20. The fourth-order valence-electron chi connectivity index (χ4n) is 2.20. The van der Waals surface area contributed by atoms with Crippen LogP contribution in [0.25, 0.3) is 0 Å². The van der Waals surface area contributed by atoms with Crippen LogP contribution in [-0.4, -0.2) is 7.11 Å². The van der Waals surface area contributed by atoms with Crippen molar-refractivity contribution in [2.75, 3.05) is 7.11 Å². The van der Waals surface area contributed by atoms with E-state index in [0.29, 0.717) is 0 Å². The topological polar surface area (TPSA) is 9.23 Å². The molecular formula is C15H20O. The highest BCUT2D eigenvalue weighted by Gasteiger charge is 2.10. The van der Waals surface area contributed by atoms with Crippen LogP contribution in [0.3, 0.4) is 0 Å². The minimum Gasteiger partial charge on any atom is -0.501 e. The highest BCUT2D eigenvalue weighted by molar-refractivity contribution is 5.30. The predicted octanol–water partition coefficient (Wildman–Crippen LogP) is 4.29. The van der Waals surface area contributed by atoms with Gasteiger partial charge in [0.05, 0.1) is 12.9 Å². The molecule has 0 aromatic rings. The van der Waals surface area contributed by atoms with Gasteiger partial charge in [-0.2, -0.15) is 0 Å². The number of rotatable bonds is 3. The van der Waals surface area contributed by atoms with Crippen molar-refractivity contribution in [1.29, 1.82) is 0 Å². The summed E-state index contributed by atoms with van der Waals surface area (Å²) in [5.41, 5.74) is 4.62. The molecular weight excluding hydrogens is 196 g/mol.